The van der Waals surface area contributed by atoms with Crippen LogP contribution in [0.3, 0.4) is 0 Å². The van der Waals surface area contributed by atoms with Crippen molar-refractivity contribution in [2.45, 2.75) is 26.4 Å². The van der Waals surface area contributed by atoms with Crippen LogP contribution in [0.1, 0.15) is 31.1 Å². The molecule has 0 aliphatic carbocycles. The van der Waals surface area contributed by atoms with E-state index in [0.29, 0.717) is 5.56 Å². The Morgan fingerprint density at radius 1 is 1.09 bits per heavy atom. The number of nitrogens with zero attached hydrogens (tertiary/aromatic N) is 2. The Kier molecular flexibility index (Phi) is 4.30. The fourth-order valence-corrected chi connectivity index (χ4v) is 1.80. The molecule has 0 atom stereocenters. The predicted molar refractivity (Wildman–Crippen MR) is 80.6 cm³/mol. The maximum Gasteiger partial charge on any atom is 0.435 e. The maximum atomic E-state index is 11.9. The van der Waals surface area contributed by atoms with E-state index in [1.54, 1.807) is 57.4 Å². The smallest absolute Gasteiger partial charge is 0.435 e. The molecule has 1 aromatic carbocycles. The van der Waals surface area contributed by atoms with E-state index in [-0.39, 0.29) is 0 Å². The third-order valence-corrected chi connectivity index (χ3v) is 2.80. The SMILES string of the molecule is COC(=O)c1ccc(-c2cnn(C(=O)OC(C)(C)C)c2)cc1. The van der Waals surface area contributed by atoms with Gasteiger partial charge in [0.25, 0.3) is 0 Å². The minimum atomic E-state index is -0.578. The van der Waals surface area contributed by atoms with Gasteiger partial charge in [0.2, 0.25) is 0 Å². The van der Waals surface area contributed by atoms with Gasteiger partial charge in [0.15, 0.2) is 0 Å². The molecule has 0 fully saturated rings. The number of methoxy groups -OCH3 is 1. The number of ether oxygens (including phenoxy) is 2. The lowest BCUT2D eigenvalue weighted by Crippen LogP contribution is -2.27. The Bertz CT molecular complexity index is 681. The number of hydrogen-bond acceptors (Lipinski definition) is 5. The van der Waals surface area contributed by atoms with Gasteiger partial charge in [-0.3, -0.25) is 0 Å². The van der Waals surface area contributed by atoms with Gasteiger partial charge in [-0.2, -0.15) is 9.78 Å². The van der Waals surface area contributed by atoms with Crippen molar-refractivity contribution in [3.05, 3.63) is 42.2 Å². The van der Waals surface area contributed by atoms with Gasteiger partial charge in [0, 0.05) is 11.8 Å². The predicted octanol–water partition coefficient (Wildman–Crippen LogP) is 3.12. The quantitative estimate of drug-likeness (QED) is 0.797. The first-order valence-corrected chi connectivity index (χ1v) is 6.77. The molecule has 6 heteroatoms. The first kappa shape index (κ1) is 15.8. The van der Waals surface area contributed by atoms with Crippen molar-refractivity contribution in [2.24, 2.45) is 0 Å². The average Bonchev–Trinajstić information content (AvgIpc) is 2.95. The molecule has 1 heterocycles. The van der Waals surface area contributed by atoms with E-state index in [1.807, 2.05) is 0 Å². The minimum Gasteiger partial charge on any atom is -0.465 e. The molecule has 0 amide bonds. The Balaban J connectivity index is 2.18. The molecule has 0 saturated heterocycles. The summed E-state index contributed by atoms with van der Waals surface area (Å²) in [6.45, 7) is 5.38. The summed E-state index contributed by atoms with van der Waals surface area (Å²) in [6, 6.07) is 6.85. The van der Waals surface area contributed by atoms with Crippen LogP contribution in [0, 0.1) is 0 Å². The Labute approximate surface area is 128 Å². The molecular weight excluding hydrogens is 284 g/mol. The molecule has 0 N–H and O–H groups in total. The standard InChI is InChI=1S/C16H18N2O4/c1-16(2,3)22-15(20)18-10-13(9-17-18)11-5-7-12(8-6-11)14(19)21-4/h5-10H,1-4H3. The summed E-state index contributed by atoms with van der Waals surface area (Å²) >= 11 is 0. The van der Waals surface area contributed by atoms with Crippen LogP contribution in [-0.2, 0) is 9.47 Å². The number of carbonyl (C=O) groups excluding carboxylic acids is 2. The summed E-state index contributed by atoms with van der Waals surface area (Å²) in [5, 5.41) is 4.00. The van der Waals surface area contributed by atoms with E-state index in [0.717, 1.165) is 15.8 Å². The molecule has 0 aliphatic rings. The van der Waals surface area contributed by atoms with Crippen molar-refractivity contribution in [1.82, 2.24) is 9.78 Å². The summed E-state index contributed by atoms with van der Waals surface area (Å²) < 4.78 is 11.0. The second kappa shape index (κ2) is 6.01. The molecule has 116 valence electrons. The van der Waals surface area contributed by atoms with Gasteiger partial charge >= 0.3 is 12.1 Å². The molecule has 0 saturated carbocycles. The van der Waals surface area contributed by atoms with Gasteiger partial charge in [-0.25, -0.2) is 9.59 Å². The first-order valence-electron chi connectivity index (χ1n) is 6.77. The van der Waals surface area contributed by atoms with Crippen LogP contribution in [0.4, 0.5) is 4.79 Å². The molecule has 2 rings (SSSR count). The lowest BCUT2D eigenvalue weighted by molar-refractivity contribution is 0.0513. The second-order valence-corrected chi connectivity index (χ2v) is 5.72. The van der Waals surface area contributed by atoms with Crippen LogP contribution in [-0.4, -0.2) is 34.6 Å². The van der Waals surface area contributed by atoms with Gasteiger partial charge in [-0.15, -0.1) is 0 Å². The Morgan fingerprint density at radius 2 is 1.73 bits per heavy atom. The van der Waals surface area contributed by atoms with Gasteiger partial charge in [0.1, 0.15) is 5.60 Å². The molecule has 0 spiro atoms. The van der Waals surface area contributed by atoms with Crippen LogP contribution in [0.15, 0.2) is 36.7 Å². The third kappa shape index (κ3) is 3.72. The topological polar surface area (TPSA) is 70.4 Å². The highest BCUT2D eigenvalue weighted by atomic mass is 16.6. The van der Waals surface area contributed by atoms with Crippen LogP contribution >= 0.6 is 0 Å². The van der Waals surface area contributed by atoms with E-state index in [9.17, 15) is 9.59 Å². The van der Waals surface area contributed by atoms with E-state index in [1.165, 1.54) is 7.11 Å². The maximum absolute atomic E-state index is 11.9. The second-order valence-electron chi connectivity index (χ2n) is 5.72. The summed E-state index contributed by atoms with van der Waals surface area (Å²) in [6.07, 6.45) is 2.61. The Hall–Kier alpha value is -2.63. The normalized spacial score (nSPS) is 11.1. The van der Waals surface area contributed by atoms with Crippen molar-refractivity contribution >= 4 is 12.1 Å². The summed E-state index contributed by atoms with van der Waals surface area (Å²) in [7, 11) is 1.33. The van der Waals surface area contributed by atoms with Crippen LogP contribution in [0.5, 0.6) is 0 Å². The van der Waals surface area contributed by atoms with E-state index < -0.39 is 17.7 Å². The van der Waals surface area contributed by atoms with Crippen LogP contribution in [0.25, 0.3) is 11.1 Å². The van der Waals surface area contributed by atoms with Crippen molar-refractivity contribution in [3.8, 4) is 11.1 Å². The lowest BCUT2D eigenvalue weighted by Gasteiger charge is -2.18. The van der Waals surface area contributed by atoms with Gasteiger partial charge < -0.3 is 9.47 Å². The summed E-state index contributed by atoms with van der Waals surface area (Å²) in [4.78, 5) is 23.3. The fourth-order valence-electron chi connectivity index (χ4n) is 1.80. The highest BCUT2D eigenvalue weighted by Crippen LogP contribution is 2.20. The van der Waals surface area contributed by atoms with Crippen molar-refractivity contribution in [2.75, 3.05) is 7.11 Å². The number of hydrogen-bond donors (Lipinski definition) is 0. The van der Waals surface area contributed by atoms with Crippen molar-refractivity contribution in [3.63, 3.8) is 0 Å². The molecule has 0 radical (unpaired) electrons. The first-order chi connectivity index (χ1) is 10.3. The number of esters is 1. The highest BCUT2D eigenvalue weighted by Gasteiger charge is 2.18. The summed E-state index contributed by atoms with van der Waals surface area (Å²) in [5.41, 5.74) is 1.47. The molecule has 0 bridgehead atoms. The zero-order valence-electron chi connectivity index (χ0n) is 13.0. The highest BCUT2D eigenvalue weighted by molar-refractivity contribution is 5.90. The van der Waals surface area contributed by atoms with E-state index in [2.05, 4.69) is 9.84 Å². The molecular formula is C16H18N2O4. The van der Waals surface area contributed by atoms with Crippen LogP contribution in [0.2, 0.25) is 0 Å². The third-order valence-electron chi connectivity index (χ3n) is 2.80. The monoisotopic (exact) mass is 302 g/mol. The van der Waals surface area contributed by atoms with Gasteiger partial charge in [-0.1, -0.05) is 12.1 Å². The number of rotatable bonds is 2. The molecule has 0 unspecified atom stereocenters. The molecule has 0 aliphatic heterocycles. The zero-order chi connectivity index (χ0) is 16.3. The fraction of sp³-hybridized carbons (Fsp3) is 0.312. The average molecular weight is 302 g/mol. The zero-order valence-corrected chi connectivity index (χ0v) is 13.0. The largest absolute Gasteiger partial charge is 0.465 e. The van der Waals surface area contributed by atoms with Crippen molar-refractivity contribution in [1.29, 1.82) is 0 Å². The number of benzene rings is 1. The van der Waals surface area contributed by atoms with Crippen LogP contribution < -0.4 is 0 Å². The van der Waals surface area contributed by atoms with E-state index >= 15 is 0 Å². The lowest BCUT2D eigenvalue weighted by atomic mass is 10.1. The van der Waals surface area contributed by atoms with Gasteiger partial charge in [-0.05, 0) is 38.5 Å². The molecule has 6 nitrogen and oxygen atoms in total. The van der Waals surface area contributed by atoms with Crippen molar-refractivity contribution < 1.29 is 19.1 Å². The summed E-state index contributed by atoms with van der Waals surface area (Å²) in [5.74, 6) is -0.393. The minimum absolute atomic E-state index is 0.393. The number of carbonyl (C=O) groups is 2. The molecule has 1 aromatic heterocycles. The number of aromatic nitrogens is 2. The Morgan fingerprint density at radius 3 is 2.27 bits per heavy atom. The molecule has 22 heavy (non-hydrogen) atoms. The van der Waals surface area contributed by atoms with Gasteiger partial charge in [0.05, 0.1) is 18.9 Å². The van der Waals surface area contributed by atoms with E-state index in [4.69, 9.17) is 4.74 Å². The molecule has 2 aromatic rings.